The number of ether oxygens (including phenoxy) is 1. The molecular weight excluding hydrogens is 244 g/mol. The summed E-state index contributed by atoms with van der Waals surface area (Å²) >= 11 is 0. The zero-order valence-electron chi connectivity index (χ0n) is 13.4. The first-order chi connectivity index (χ1) is 9.76. The third-order valence-corrected chi connectivity index (χ3v) is 3.48. The second-order valence-corrected chi connectivity index (χ2v) is 5.04. The Morgan fingerprint density at radius 3 is 2.30 bits per heavy atom. The summed E-state index contributed by atoms with van der Waals surface area (Å²) in [5, 5.41) is 0. The summed E-state index contributed by atoms with van der Waals surface area (Å²) in [5.41, 5.74) is 4.10. The van der Waals surface area contributed by atoms with E-state index < -0.39 is 0 Å². The normalized spacial score (nSPS) is 13.1. The molecule has 0 saturated carbocycles. The van der Waals surface area contributed by atoms with Crippen molar-refractivity contribution >= 4 is 0 Å². The van der Waals surface area contributed by atoms with E-state index in [2.05, 4.69) is 57.2 Å². The van der Waals surface area contributed by atoms with Crippen LogP contribution in [0, 0.1) is 0 Å². The van der Waals surface area contributed by atoms with Crippen LogP contribution in [0.15, 0.2) is 53.3 Å². The molecule has 0 aliphatic rings. The second-order valence-electron chi connectivity index (χ2n) is 5.04. The predicted molar refractivity (Wildman–Crippen MR) is 87.8 cm³/mol. The highest BCUT2D eigenvalue weighted by Crippen LogP contribution is 2.25. The molecule has 20 heavy (non-hydrogen) atoms. The van der Waals surface area contributed by atoms with E-state index in [-0.39, 0.29) is 0 Å². The van der Waals surface area contributed by atoms with Crippen LogP contribution in [0.2, 0.25) is 0 Å². The molecule has 0 heterocycles. The van der Waals surface area contributed by atoms with Crippen LogP contribution in [-0.4, -0.2) is 7.11 Å². The molecule has 0 aliphatic heterocycles. The third-order valence-electron chi connectivity index (χ3n) is 3.48. The van der Waals surface area contributed by atoms with Crippen LogP contribution < -0.4 is 0 Å². The summed E-state index contributed by atoms with van der Waals surface area (Å²) < 4.78 is 5.75. The highest BCUT2D eigenvalue weighted by molar-refractivity contribution is 5.35. The fraction of sp³-hybridized carbons (Fsp3) is 0.474. The van der Waals surface area contributed by atoms with E-state index in [4.69, 9.17) is 4.74 Å². The quantitative estimate of drug-likeness (QED) is 0.437. The van der Waals surface area contributed by atoms with Gasteiger partial charge in [0.2, 0.25) is 0 Å². The van der Waals surface area contributed by atoms with E-state index in [1.807, 2.05) is 0 Å². The summed E-state index contributed by atoms with van der Waals surface area (Å²) in [6.45, 7) is 6.63. The summed E-state index contributed by atoms with van der Waals surface area (Å²) in [6, 6.07) is 10.6. The van der Waals surface area contributed by atoms with Gasteiger partial charge >= 0.3 is 0 Å². The zero-order valence-corrected chi connectivity index (χ0v) is 13.4. The van der Waals surface area contributed by atoms with Gasteiger partial charge in [-0.05, 0) is 36.0 Å². The van der Waals surface area contributed by atoms with Crippen molar-refractivity contribution in [2.24, 2.45) is 0 Å². The number of hydrogen-bond donors (Lipinski definition) is 0. The van der Waals surface area contributed by atoms with Gasteiger partial charge < -0.3 is 4.74 Å². The molecule has 0 saturated heterocycles. The van der Waals surface area contributed by atoms with Crippen LogP contribution in [0.4, 0.5) is 0 Å². The molecule has 0 amide bonds. The molecule has 0 bridgehead atoms. The minimum absolute atomic E-state index is 0.949. The maximum absolute atomic E-state index is 5.75. The zero-order chi connectivity index (χ0) is 14.8. The number of methoxy groups -OCH3 is 1. The maximum atomic E-state index is 5.75. The number of allylic oxidation sites excluding steroid dienone is 3. The molecule has 0 radical (unpaired) electrons. The van der Waals surface area contributed by atoms with Gasteiger partial charge in [-0.25, -0.2) is 0 Å². The first-order valence-electron chi connectivity index (χ1n) is 7.76. The van der Waals surface area contributed by atoms with E-state index in [0.717, 1.165) is 31.4 Å². The van der Waals surface area contributed by atoms with E-state index in [9.17, 15) is 0 Å². The van der Waals surface area contributed by atoms with Crippen LogP contribution in [0.1, 0.15) is 52.0 Å². The van der Waals surface area contributed by atoms with Crippen LogP contribution in [0.25, 0.3) is 0 Å². The van der Waals surface area contributed by atoms with Gasteiger partial charge in [0, 0.05) is 6.42 Å². The number of rotatable bonds is 8. The summed E-state index contributed by atoms with van der Waals surface area (Å²) in [4.78, 5) is 0. The van der Waals surface area contributed by atoms with E-state index in [1.54, 1.807) is 7.11 Å². The smallest absolute Gasteiger partial charge is 0.121 e. The average Bonchev–Trinajstić information content (AvgIpc) is 2.48. The van der Waals surface area contributed by atoms with Crippen molar-refractivity contribution in [2.45, 2.75) is 52.9 Å². The minimum Gasteiger partial charge on any atom is -0.497 e. The molecule has 1 aromatic carbocycles. The standard InChI is InChI=1S/C19H28O/c1-5-11-17(7-3)19(20-4)18(12-6-2)15-16-13-9-8-10-14-16/h8-10,12-14H,5-7,11,15H2,1-4H3/b18-12-,19-17-. The Morgan fingerprint density at radius 1 is 1.10 bits per heavy atom. The van der Waals surface area contributed by atoms with Crippen molar-refractivity contribution in [3.63, 3.8) is 0 Å². The number of hydrogen-bond acceptors (Lipinski definition) is 1. The third kappa shape index (κ3) is 4.88. The van der Waals surface area contributed by atoms with Gasteiger partial charge in [-0.3, -0.25) is 0 Å². The van der Waals surface area contributed by atoms with Crippen molar-refractivity contribution in [2.75, 3.05) is 7.11 Å². The van der Waals surface area contributed by atoms with Gasteiger partial charge in [0.25, 0.3) is 0 Å². The SMILES string of the molecule is CC/C=C(Cc1ccccc1)\C(OC)=C(/CC)CCC. The molecule has 1 rings (SSSR count). The Hall–Kier alpha value is -1.50. The van der Waals surface area contributed by atoms with Gasteiger partial charge in [0.1, 0.15) is 5.76 Å². The fourth-order valence-electron chi connectivity index (χ4n) is 2.56. The first kappa shape index (κ1) is 16.6. The molecule has 0 spiro atoms. The van der Waals surface area contributed by atoms with Gasteiger partial charge in [-0.15, -0.1) is 0 Å². The first-order valence-corrected chi connectivity index (χ1v) is 7.76. The topological polar surface area (TPSA) is 9.23 Å². The summed E-state index contributed by atoms with van der Waals surface area (Å²) in [6.07, 6.45) is 7.64. The lowest BCUT2D eigenvalue weighted by molar-refractivity contribution is 0.291. The number of benzene rings is 1. The Balaban J connectivity index is 3.07. The monoisotopic (exact) mass is 272 g/mol. The van der Waals surface area contributed by atoms with Crippen molar-refractivity contribution in [3.05, 3.63) is 58.9 Å². The largest absolute Gasteiger partial charge is 0.497 e. The van der Waals surface area contributed by atoms with Crippen LogP contribution in [0.5, 0.6) is 0 Å². The van der Waals surface area contributed by atoms with Crippen molar-refractivity contribution < 1.29 is 4.74 Å². The summed E-state index contributed by atoms with van der Waals surface area (Å²) in [5.74, 6) is 1.11. The maximum Gasteiger partial charge on any atom is 0.121 e. The average molecular weight is 272 g/mol. The lowest BCUT2D eigenvalue weighted by Crippen LogP contribution is -2.02. The van der Waals surface area contributed by atoms with Crippen LogP contribution in [-0.2, 0) is 11.2 Å². The Morgan fingerprint density at radius 2 is 1.80 bits per heavy atom. The van der Waals surface area contributed by atoms with Gasteiger partial charge in [-0.2, -0.15) is 0 Å². The highest BCUT2D eigenvalue weighted by Gasteiger charge is 2.11. The van der Waals surface area contributed by atoms with Crippen molar-refractivity contribution in [1.82, 2.24) is 0 Å². The lowest BCUT2D eigenvalue weighted by atomic mass is 9.96. The molecular formula is C19H28O. The molecule has 0 aliphatic carbocycles. The van der Waals surface area contributed by atoms with E-state index >= 15 is 0 Å². The van der Waals surface area contributed by atoms with Crippen LogP contribution in [0.3, 0.4) is 0 Å². The fourth-order valence-corrected chi connectivity index (χ4v) is 2.56. The van der Waals surface area contributed by atoms with Crippen molar-refractivity contribution in [1.29, 1.82) is 0 Å². The Kier molecular flexibility index (Phi) is 7.79. The van der Waals surface area contributed by atoms with E-state index in [0.29, 0.717) is 0 Å². The molecule has 1 aromatic rings. The van der Waals surface area contributed by atoms with Gasteiger partial charge in [0.15, 0.2) is 0 Å². The highest BCUT2D eigenvalue weighted by atomic mass is 16.5. The molecule has 0 unspecified atom stereocenters. The lowest BCUT2D eigenvalue weighted by Gasteiger charge is -2.16. The summed E-state index contributed by atoms with van der Waals surface area (Å²) in [7, 11) is 1.80. The molecule has 110 valence electrons. The molecule has 0 aromatic heterocycles. The molecule has 0 atom stereocenters. The van der Waals surface area contributed by atoms with Gasteiger partial charge in [-0.1, -0.05) is 63.6 Å². The second kappa shape index (κ2) is 9.41. The molecule has 0 N–H and O–H groups in total. The van der Waals surface area contributed by atoms with Crippen molar-refractivity contribution in [3.8, 4) is 0 Å². The molecule has 1 heteroatoms. The molecule has 0 fully saturated rings. The Bertz CT molecular complexity index is 440. The predicted octanol–water partition coefficient (Wildman–Crippen LogP) is 5.68. The van der Waals surface area contributed by atoms with Gasteiger partial charge in [0.05, 0.1) is 7.11 Å². The molecule has 1 nitrogen and oxygen atoms in total. The van der Waals surface area contributed by atoms with Crippen LogP contribution >= 0.6 is 0 Å². The van der Waals surface area contributed by atoms with E-state index in [1.165, 1.54) is 23.1 Å². The minimum atomic E-state index is 0.949. The Labute approximate surface area is 124 Å².